The maximum absolute atomic E-state index is 13.2. The summed E-state index contributed by atoms with van der Waals surface area (Å²) in [6.45, 7) is -1.03. The Labute approximate surface area is 177 Å². The Bertz CT molecular complexity index is 927. The molecule has 29 heavy (non-hydrogen) atoms. The lowest BCUT2D eigenvalue weighted by molar-refractivity contribution is -0.121. The van der Waals surface area contributed by atoms with Crippen molar-refractivity contribution in [3.63, 3.8) is 0 Å². The molecule has 2 aromatic rings. The standard InChI is InChI=1S/C17H19Cl2FN4O4S/c1-29(27,28)23-9-14-21-7-12(8-22-14)10-2-4-11(5-3-10)15(25)13(6-20)24-17(26)16(18)19/h2-5,7-8,13,15-16,23,25H,6,9H2,1H3,(H,24,26)/t13-,15+/m1/s1. The molecule has 1 aromatic carbocycles. The van der Waals surface area contributed by atoms with Crippen LogP contribution in [0.2, 0.25) is 0 Å². The number of nitrogens with one attached hydrogen (secondary N) is 2. The molecule has 0 spiro atoms. The van der Waals surface area contributed by atoms with E-state index in [0.29, 0.717) is 17.0 Å². The van der Waals surface area contributed by atoms with E-state index in [2.05, 4.69) is 20.0 Å². The van der Waals surface area contributed by atoms with E-state index in [0.717, 1.165) is 11.8 Å². The van der Waals surface area contributed by atoms with Crippen molar-refractivity contribution >= 4 is 39.1 Å². The summed E-state index contributed by atoms with van der Waals surface area (Å²) >= 11 is 10.9. The van der Waals surface area contributed by atoms with Crippen LogP contribution in [0, 0.1) is 0 Å². The average molecular weight is 465 g/mol. The molecular formula is C17H19Cl2FN4O4S. The number of carbonyl (C=O) groups excluding carboxylic acids is 1. The van der Waals surface area contributed by atoms with Gasteiger partial charge in [-0.25, -0.2) is 27.5 Å². The number of amides is 1. The molecule has 0 aliphatic carbocycles. The van der Waals surface area contributed by atoms with Gasteiger partial charge in [-0.05, 0) is 11.1 Å². The van der Waals surface area contributed by atoms with Gasteiger partial charge in [0.15, 0.2) is 4.84 Å². The van der Waals surface area contributed by atoms with Crippen LogP contribution in [0.25, 0.3) is 11.1 Å². The summed E-state index contributed by atoms with van der Waals surface area (Å²) < 4.78 is 37.7. The second kappa shape index (κ2) is 10.3. The monoisotopic (exact) mass is 464 g/mol. The smallest absolute Gasteiger partial charge is 0.253 e. The Morgan fingerprint density at radius 2 is 1.76 bits per heavy atom. The molecule has 1 amide bonds. The van der Waals surface area contributed by atoms with Gasteiger partial charge in [0, 0.05) is 18.0 Å². The van der Waals surface area contributed by atoms with E-state index in [1.165, 1.54) is 12.4 Å². The van der Waals surface area contributed by atoms with E-state index in [1.807, 2.05) is 0 Å². The summed E-state index contributed by atoms with van der Waals surface area (Å²) in [5.74, 6) is -0.487. The molecule has 8 nitrogen and oxygen atoms in total. The van der Waals surface area contributed by atoms with Crippen LogP contribution >= 0.6 is 23.2 Å². The van der Waals surface area contributed by atoms with Gasteiger partial charge in [0.1, 0.15) is 18.6 Å². The number of benzene rings is 1. The number of sulfonamides is 1. The molecule has 0 aliphatic heterocycles. The topological polar surface area (TPSA) is 121 Å². The largest absolute Gasteiger partial charge is 0.386 e. The zero-order valence-electron chi connectivity index (χ0n) is 15.2. The Balaban J connectivity index is 2.08. The van der Waals surface area contributed by atoms with Gasteiger partial charge in [0.25, 0.3) is 5.91 Å². The van der Waals surface area contributed by atoms with Gasteiger partial charge in [-0.15, -0.1) is 0 Å². The summed E-state index contributed by atoms with van der Waals surface area (Å²) in [5.41, 5.74) is 1.77. The maximum atomic E-state index is 13.2. The number of carbonyl (C=O) groups is 1. The zero-order chi connectivity index (χ0) is 21.6. The SMILES string of the molecule is CS(=O)(=O)NCc1ncc(-c2ccc([C@H](O)[C@@H](CF)NC(=O)C(Cl)Cl)cc2)cn1. The molecule has 0 saturated carbocycles. The van der Waals surface area contributed by atoms with Crippen molar-refractivity contribution in [1.29, 1.82) is 0 Å². The molecule has 0 unspecified atom stereocenters. The number of aliphatic hydroxyl groups is 1. The van der Waals surface area contributed by atoms with Crippen molar-refractivity contribution in [3.05, 3.63) is 48.0 Å². The van der Waals surface area contributed by atoms with Gasteiger partial charge in [0.2, 0.25) is 10.0 Å². The highest BCUT2D eigenvalue weighted by Crippen LogP contribution is 2.23. The number of hydrogen-bond acceptors (Lipinski definition) is 6. The molecule has 12 heteroatoms. The maximum Gasteiger partial charge on any atom is 0.253 e. The minimum absolute atomic E-state index is 0.0218. The van der Waals surface area contributed by atoms with Gasteiger partial charge >= 0.3 is 0 Å². The fourth-order valence-electron chi connectivity index (χ4n) is 2.34. The minimum Gasteiger partial charge on any atom is -0.386 e. The Morgan fingerprint density at radius 1 is 1.17 bits per heavy atom. The summed E-state index contributed by atoms with van der Waals surface area (Å²) in [6, 6.07) is 5.31. The number of hydrogen-bond donors (Lipinski definition) is 3. The Morgan fingerprint density at radius 3 is 2.24 bits per heavy atom. The van der Waals surface area contributed by atoms with Gasteiger partial charge in [-0.1, -0.05) is 47.5 Å². The molecule has 0 bridgehead atoms. The first kappa shape index (κ1) is 23.4. The summed E-state index contributed by atoms with van der Waals surface area (Å²) in [6.07, 6.45) is 2.80. The van der Waals surface area contributed by atoms with E-state index < -0.39 is 39.6 Å². The fraction of sp³-hybridized carbons (Fsp3) is 0.353. The molecular weight excluding hydrogens is 446 g/mol. The molecule has 0 radical (unpaired) electrons. The third-order valence-electron chi connectivity index (χ3n) is 3.86. The lowest BCUT2D eigenvalue weighted by atomic mass is 10.00. The van der Waals surface area contributed by atoms with Crippen LogP contribution in [0.4, 0.5) is 4.39 Å². The quantitative estimate of drug-likeness (QED) is 0.483. The van der Waals surface area contributed by atoms with Crippen molar-refractivity contribution < 1.29 is 22.7 Å². The summed E-state index contributed by atoms with van der Waals surface area (Å²) in [4.78, 5) is 18.3. The van der Waals surface area contributed by atoms with Crippen LogP contribution in [0.1, 0.15) is 17.5 Å². The van der Waals surface area contributed by atoms with E-state index >= 15 is 0 Å². The van der Waals surface area contributed by atoms with Crippen LogP contribution in [-0.2, 0) is 21.4 Å². The lowest BCUT2D eigenvalue weighted by Crippen LogP contribution is -2.43. The second-order valence-electron chi connectivity index (χ2n) is 6.12. The van der Waals surface area contributed by atoms with Gasteiger partial charge in [0.05, 0.1) is 18.8 Å². The Kier molecular flexibility index (Phi) is 8.29. The molecule has 1 heterocycles. The van der Waals surface area contributed by atoms with Crippen LogP contribution in [0.15, 0.2) is 36.7 Å². The van der Waals surface area contributed by atoms with Crippen molar-refractivity contribution in [3.8, 4) is 11.1 Å². The molecule has 0 aliphatic rings. The van der Waals surface area contributed by atoms with Crippen LogP contribution < -0.4 is 10.0 Å². The first-order valence-electron chi connectivity index (χ1n) is 8.29. The van der Waals surface area contributed by atoms with Crippen LogP contribution in [-0.4, -0.2) is 53.2 Å². The van der Waals surface area contributed by atoms with Crippen molar-refractivity contribution in [1.82, 2.24) is 20.0 Å². The first-order chi connectivity index (χ1) is 13.6. The normalized spacial score (nSPS) is 13.9. The molecule has 2 atom stereocenters. The number of alkyl halides is 3. The number of aromatic nitrogens is 2. The molecule has 1 aromatic heterocycles. The number of rotatable bonds is 9. The summed E-state index contributed by atoms with van der Waals surface area (Å²) in [7, 11) is -3.34. The van der Waals surface area contributed by atoms with E-state index in [9.17, 15) is 22.7 Å². The van der Waals surface area contributed by atoms with Gasteiger partial charge < -0.3 is 10.4 Å². The predicted molar refractivity (Wildman–Crippen MR) is 108 cm³/mol. The predicted octanol–water partition coefficient (Wildman–Crippen LogP) is 1.48. The van der Waals surface area contributed by atoms with Gasteiger partial charge in [-0.3, -0.25) is 4.79 Å². The first-order valence-corrected chi connectivity index (χ1v) is 11.1. The summed E-state index contributed by atoms with van der Waals surface area (Å²) in [5, 5.41) is 12.6. The fourth-order valence-corrected chi connectivity index (χ4v) is 2.86. The van der Waals surface area contributed by atoms with Crippen molar-refractivity contribution in [2.45, 2.75) is 23.5 Å². The molecule has 158 valence electrons. The van der Waals surface area contributed by atoms with Crippen LogP contribution in [0.5, 0.6) is 0 Å². The van der Waals surface area contributed by atoms with Crippen molar-refractivity contribution in [2.75, 3.05) is 12.9 Å². The third-order valence-corrected chi connectivity index (χ3v) is 4.92. The molecule has 0 saturated heterocycles. The number of aliphatic hydroxyl groups excluding tert-OH is 1. The minimum atomic E-state index is -3.34. The van der Waals surface area contributed by atoms with Gasteiger partial charge in [-0.2, -0.15) is 0 Å². The number of nitrogens with zero attached hydrogens (tertiary/aromatic N) is 2. The highest BCUT2D eigenvalue weighted by molar-refractivity contribution is 7.88. The second-order valence-corrected chi connectivity index (χ2v) is 9.05. The third kappa shape index (κ3) is 7.16. The molecule has 2 rings (SSSR count). The van der Waals surface area contributed by atoms with Crippen LogP contribution in [0.3, 0.4) is 0 Å². The van der Waals surface area contributed by atoms with E-state index in [4.69, 9.17) is 23.2 Å². The molecule has 3 N–H and O–H groups in total. The lowest BCUT2D eigenvalue weighted by Gasteiger charge is -2.22. The Hall–Kier alpha value is -1.85. The molecule has 0 fully saturated rings. The highest BCUT2D eigenvalue weighted by atomic mass is 35.5. The zero-order valence-corrected chi connectivity index (χ0v) is 17.5. The average Bonchev–Trinajstić information content (AvgIpc) is 2.69. The van der Waals surface area contributed by atoms with E-state index in [-0.39, 0.29) is 6.54 Å². The highest BCUT2D eigenvalue weighted by Gasteiger charge is 2.25. The van der Waals surface area contributed by atoms with Crippen molar-refractivity contribution in [2.24, 2.45) is 0 Å². The number of halogens is 3. The van der Waals surface area contributed by atoms with E-state index in [1.54, 1.807) is 24.3 Å².